The van der Waals surface area contributed by atoms with E-state index < -0.39 is 0 Å². The van der Waals surface area contributed by atoms with E-state index in [1.54, 1.807) is 0 Å². The van der Waals surface area contributed by atoms with Crippen LogP contribution in [0.25, 0.3) is 60.7 Å². The van der Waals surface area contributed by atoms with Gasteiger partial charge in [0.25, 0.3) is 6.71 Å². The Morgan fingerprint density at radius 2 is 1.47 bits per heavy atom. The van der Waals surface area contributed by atoms with E-state index in [9.17, 15) is 0 Å². The molecule has 2 atom stereocenters. The highest BCUT2D eigenvalue weighted by atomic mass is 15.3. The van der Waals surface area contributed by atoms with Gasteiger partial charge in [-0.25, -0.2) is 0 Å². The number of pyridine rings is 1. The van der Waals surface area contributed by atoms with Gasteiger partial charge in [0.1, 0.15) is 0 Å². The van der Waals surface area contributed by atoms with Crippen molar-refractivity contribution < 1.29 is 0 Å². The third kappa shape index (κ3) is 3.69. The minimum Gasteiger partial charge on any atom is -0.335 e. The normalized spacial score (nSPS) is 20.4. The van der Waals surface area contributed by atoms with Crippen LogP contribution in [-0.2, 0) is 5.41 Å². The van der Waals surface area contributed by atoms with Crippen LogP contribution < -0.4 is 21.4 Å². The molecule has 0 spiro atoms. The Morgan fingerprint density at radius 3 is 2.34 bits per heavy atom. The van der Waals surface area contributed by atoms with Crippen LogP contribution in [0, 0.1) is 0 Å². The summed E-state index contributed by atoms with van der Waals surface area (Å²) < 4.78 is 2.64. The third-order valence-corrected chi connectivity index (χ3v) is 13.8. The first-order valence-corrected chi connectivity index (χ1v) is 19.3. The molecule has 0 N–H and O–H groups in total. The van der Waals surface area contributed by atoms with Crippen LogP contribution in [0.1, 0.15) is 45.1 Å². The first-order chi connectivity index (χ1) is 26.0. The Bertz CT molecular complexity index is 2840. The summed E-state index contributed by atoms with van der Waals surface area (Å²) in [6.45, 7) is 5.20. The molecule has 53 heavy (non-hydrogen) atoms. The summed E-state index contributed by atoms with van der Waals surface area (Å²) in [4.78, 5) is 7.43. The van der Waals surface area contributed by atoms with Gasteiger partial charge in [-0.1, -0.05) is 123 Å². The van der Waals surface area contributed by atoms with Crippen LogP contribution in [-0.4, -0.2) is 21.8 Å². The van der Waals surface area contributed by atoms with Gasteiger partial charge in [-0.3, -0.25) is 4.98 Å². The summed E-state index contributed by atoms with van der Waals surface area (Å²) in [5, 5.41) is 5.19. The molecule has 5 heterocycles. The first kappa shape index (κ1) is 29.7. The van der Waals surface area contributed by atoms with Gasteiger partial charge >= 0.3 is 0 Å². The summed E-state index contributed by atoms with van der Waals surface area (Å²) in [6.07, 6.45) is 8.84. The highest BCUT2D eigenvalue weighted by molar-refractivity contribution is 7.00. The van der Waals surface area contributed by atoms with E-state index in [-0.39, 0.29) is 17.7 Å². The number of hydrogen-bond acceptors (Lipinski definition) is 2. The minimum absolute atomic E-state index is 0.0299. The number of nitrogens with zero attached hydrogens (tertiary/aromatic N) is 3. The van der Waals surface area contributed by atoms with E-state index in [1.807, 2.05) is 12.4 Å². The van der Waals surface area contributed by atoms with Crippen molar-refractivity contribution in [2.45, 2.75) is 50.5 Å². The van der Waals surface area contributed by atoms with Crippen LogP contribution in [0.5, 0.6) is 0 Å². The number of anilines is 2. The number of fused-ring (bicyclic) bond motifs is 8. The van der Waals surface area contributed by atoms with Crippen LogP contribution in [0.2, 0.25) is 0 Å². The average molecular weight is 680 g/mol. The van der Waals surface area contributed by atoms with Crippen LogP contribution in [0.3, 0.4) is 0 Å². The van der Waals surface area contributed by atoms with Gasteiger partial charge in [-0.2, -0.15) is 0 Å². The fourth-order valence-corrected chi connectivity index (χ4v) is 11.2. The molecule has 0 radical (unpaired) electrons. The van der Waals surface area contributed by atoms with Crippen LogP contribution in [0.4, 0.5) is 11.4 Å². The van der Waals surface area contributed by atoms with Gasteiger partial charge in [0.15, 0.2) is 0 Å². The van der Waals surface area contributed by atoms with Crippen molar-refractivity contribution in [1.82, 2.24) is 9.55 Å². The quantitative estimate of drug-likeness (QED) is 0.173. The van der Waals surface area contributed by atoms with Crippen molar-refractivity contribution in [3.63, 3.8) is 0 Å². The summed E-state index contributed by atoms with van der Waals surface area (Å²) in [5.41, 5.74) is 17.4. The van der Waals surface area contributed by atoms with Crippen molar-refractivity contribution in [2.24, 2.45) is 0 Å². The van der Waals surface area contributed by atoms with Gasteiger partial charge in [-0.05, 0) is 99.6 Å². The van der Waals surface area contributed by atoms with E-state index in [0.717, 1.165) is 5.56 Å². The van der Waals surface area contributed by atoms with Crippen LogP contribution >= 0.6 is 0 Å². The molecule has 0 bridgehead atoms. The number of aromatic nitrogens is 2. The zero-order valence-corrected chi connectivity index (χ0v) is 30.1. The smallest absolute Gasteiger partial charge is 0.269 e. The minimum atomic E-state index is -0.0299. The van der Waals surface area contributed by atoms with Crippen molar-refractivity contribution >= 4 is 56.2 Å². The Kier molecular flexibility index (Phi) is 5.82. The average Bonchev–Trinajstić information content (AvgIpc) is 3.66. The second-order valence-electron chi connectivity index (χ2n) is 16.2. The maximum absolute atomic E-state index is 4.59. The van der Waals surface area contributed by atoms with E-state index in [1.165, 1.54) is 114 Å². The molecule has 0 saturated heterocycles. The zero-order valence-electron chi connectivity index (χ0n) is 30.1. The van der Waals surface area contributed by atoms with Gasteiger partial charge in [0, 0.05) is 56.8 Å². The molecule has 4 aliphatic rings. The largest absolute Gasteiger partial charge is 0.335 e. The topological polar surface area (TPSA) is 21.1 Å². The van der Waals surface area contributed by atoms with Crippen molar-refractivity contribution in [3.8, 4) is 39.2 Å². The summed E-state index contributed by atoms with van der Waals surface area (Å²) in [7, 11) is 0. The van der Waals surface area contributed by atoms with Gasteiger partial charge in [0.2, 0.25) is 0 Å². The van der Waals surface area contributed by atoms with Crippen LogP contribution in [0.15, 0.2) is 146 Å². The van der Waals surface area contributed by atoms with Crippen molar-refractivity contribution in [3.05, 3.63) is 151 Å². The lowest BCUT2D eigenvalue weighted by molar-refractivity contribution is 0.195. The lowest BCUT2D eigenvalue weighted by atomic mass is 9.33. The standard InChI is InChI=1S/C49H38BN3/c1-48-24-8-9-25-49(48,2)53-42-29-35(34-17-12-26-51-30-34)28-39-37-18-10-19-38-43(37)47(50(44(39)42)41-21-11-20-40(48)46(41)53)52(45(38)32-14-4-3-5-15-32)36-23-22-31-13-6-7-16-33(31)27-36/h3-7,10-23,26-30H,8-9,24-25H2,1-2H3. The molecule has 8 aromatic rings. The molecule has 3 nitrogen and oxygen atoms in total. The van der Waals surface area contributed by atoms with Gasteiger partial charge in [-0.15, -0.1) is 0 Å². The first-order valence-electron chi connectivity index (χ1n) is 19.3. The molecule has 2 aromatic heterocycles. The molecule has 0 amide bonds. The molecule has 4 heteroatoms. The number of benzene rings is 6. The van der Waals surface area contributed by atoms with E-state index >= 15 is 0 Å². The Labute approximate surface area is 310 Å². The summed E-state index contributed by atoms with van der Waals surface area (Å²) >= 11 is 0. The Balaban J connectivity index is 1.27. The molecule has 12 rings (SSSR count). The fraction of sp³-hybridized carbons (Fsp3) is 0.163. The molecular formula is C49H38BN3. The SMILES string of the molecule is CC12CCCCC1(C)N1c3cc(-c4cccnc4)cc4c3B(c3cccc2c31)c1c2c-4cccc2c(-c2ccccc2)n1-c1ccc2ccccc2c1. The summed E-state index contributed by atoms with van der Waals surface area (Å²) in [6, 6.07) is 50.5. The Hall–Kier alpha value is -5.87. The van der Waals surface area contributed by atoms with Crippen molar-refractivity contribution in [1.29, 1.82) is 0 Å². The highest BCUT2D eigenvalue weighted by Crippen LogP contribution is 2.61. The second kappa shape index (κ2) is 10.4. The van der Waals surface area contributed by atoms with Gasteiger partial charge < -0.3 is 9.47 Å². The number of rotatable bonds is 3. The number of para-hydroxylation sites is 1. The maximum atomic E-state index is 4.59. The second-order valence-corrected chi connectivity index (χ2v) is 16.2. The van der Waals surface area contributed by atoms with Gasteiger partial charge in [0.05, 0.1) is 11.2 Å². The lowest BCUT2D eigenvalue weighted by Gasteiger charge is -2.52. The molecule has 1 aliphatic carbocycles. The molecule has 2 unspecified atom stereocenters. The van der Waals surface area contributed by atoms with E-state index in [2.05, 4.69) is 162 Å². The monoisotopic (exact) mass is 679 g/mol. The molecule has 252 valence electrons. The molecule has 3 aliphatic heterocycles. The number of hydrogen-bond donors (Lipinski definition) is 0. The zero-order chi connectivity index (χ0) is 35.1. The van der Waals surface area contributed by atoms with E-state index in [0.29, 0.717) is 0 Å². The predicted octanol–water partition coefficient (Wildman–Crippen LogP) is 10.1. The predicted molar refractivity (Wildman–Crippen MR) is 222 cm³/mol. The molecule has 1 saturated carbocycles. The fourth-order valence-electron chi connectivity index (χ4n) is 11.2. The maximum Gasteiger partial charge on any atom is 0.269 e. The highest BCUT2D eigenvalue weighted by Gasteiger charge is 2.61. The molecular weight excluding hydrogens is 641 g/mol. The molecule has 6 aromatic carbocycles. The third-order valence-electron chi connectivity index (χ3n) is 13.8. The molecule has 1 fully saturated rings. The Morgan fingerprint density at radius 1 is 0.660 bits per heavy atom. The lowest BCUT2D eigenvalue weighted by Crippen LogP contribution is -2.64. The summed E-state index contributed by atoms with van der Waals surface area (Å²) in [5.74, 6) is 0. The van der Waals surface area contributed by atoms with E-state index in [4.69, 9.17) is 0 Å². The van der Waals surface area contributed by atoms with Crippen molar-refractivity contribution in [2.75, 3.05) is 4.90 Å².